The van der Waals surface area contributed by atoms with E-state index in [2.05, 4.69) is 0 Å². The van der Waals surface area contributed by atoms with Gasteiger partial charge in [0.1, 0.15) is 18.0 Å². The fraction of sp³-hybridized carbons (Fsp3) is 0.500. The van der Waals surface area contributed by atoms with E-state index in [0.717, 1.165) is 11.3 Å². The normalized spacial score (nSPS) is 23.3. The Hall–Kier alpha value is -1.35. The van der Waals surface area contributed by atoms with Crippen molar-refractivity contribution < 1.29 is 14.3 Å². The number of carbonyl (C=O) groups is 1. The fourth-order valence-electron chi connectivity index (χ4n) is 1.79. The molecule has 0 radical (unpaired) electrons. The Bertz CT molecular complexity index is 414. The largest absolute Gasteiger partial charge is 0.497 e. The van der Waals surface area contributed by atoms with Crippen LogP contribution in [0.3, 0.4) is 0 Å². The van der Waals surface area contributed by atoms with E-state index in [1.807, 2.05) is 45.0 Å². The van der Waals surface area contributed by atoms with Crippen molar-refractivity contribution in [3.63, 3.8) is 0 Å². The number of hydrogen-bond donors (Lipinski definition) is 0. The van der Waals surface area contributed by atoms with Crippen molar-refractivity contribution in [3.8, 4) is 5.75 Å². The Morgan fingerprint density at radius 1 is 1.24 bits per heavy atom. The number of methoxy groups -OCH3 is 1. The lowest BCUT2D eigenvalue weighted by molar-refractivity contribution is -0.127. The van der Waals surface area contributed by atoms with Crippen LogP contribution < -0.4 is 4.74 Å². The van der Waals surface area contributed by atoms with Crippen molar-refractivity contribution in [2.24, 2.45) is 5.41 Å². The summed E-state index contributed by atoms with van der Waals surface area (Å²) in [5, 5.41) is 0. The number of rotatable bonds is 3. The molecule has 17 heavy (non-hydrogen) atoms. The SMILES string of the molecule is COc1ccc([C@H]2O[C@@H]2C(=O)C(C)(C)C)cc1. The average molecular weight is 234 g/mol. The second-order valence-electron chi connectivity index (χ2n) is 5.36. The highest BCUT2D eigenvalue weighted by Crippen LogP contribution is 2.42. The molecule has 1 fully saturated rings. The summed E-state index contributed by atoms with van der Waals surface area (Å²) < 4.78 is 10.6. The molecular weight excluding hydrogens is 216 g/mol. The van der Waals surface area contributed by atoms with E-state index in [1.54, 1.807) is 7.11 Å². The van der Waals surface area contributed by atoms with Gasteiger partial charge in [0, 0.05) is 5.41 Å². The third-order valence-electron chi connectivity index (χ3n) is 2.93. The van der Waals surface area contributed by atoms with Gasteiger partial charge in [-0.15, -0.1) is 0 Å². The van der Waals surface area contributed by atoms with Crippen molar-refractivity contribution in [2.75, 3.05) is 7.11 Å². The minimum Gasteiger partial charge on any atom is -0.497 e. The molecular formula is C14H18O3. The maximum atomic E-state index is 12.0. The van der Waals surface area contributed by atoms with Crippen LogP contribution in [0.2, 0.25) is 0 Å². The van der Waals surface area contributed by atoms with Crippen molar-refractivity contribution in [1.29, 1.82) is 0 Å². The van der Waals surface area contributed by atoms with Gasteiger partial charge in [0.15, 0.2) is 5.78 Å². The summed E-state index contributed by atoms with van der Waals surface area (Å²) >= 11 is 0. The maximum Gasteiger partial charge on any atom is 0.169 e. The van der Waals surface area contributed by atoms with E-state index < -0.39 is 0 Å². The minimum absolute atomic E-state index is 0.0763. The van der Waals surface area contributed by atoms with Crippen LogP contribution in [0.1, 0.15) is 32.4 Å². The van der Waals surface area contributed by atoms with Crippen LogP contribution in [0, 0.1) is 5.41 Å². The molecule has 1 aliphatic rings. The van der Waals surface area contributed by atoms with Crippen molar-refractivity contribution in [2.45, 2.75) is 33.0 Å². The van der Waals surface area contributed by atoms with Crippen LogP contribution in [-0.2, 0) is 9.53 Å². The van der Waals surface area contributed by atoms with Gasteiger partial charge in [-0.2, -0.15) is 0 Å². The first-order valence-electron chi connectivity index (χ1n) is 5.77. The molecule has 1 aromatic rings. The molecule has 1 saturated heterocycles. The van der Waals surface area contributed by atoms with Crippen molar-refractivity contribution in [3.05, 3.63) is 29.8 Å². The number of ketones is 1. The number of epoxide rings is 1. The van der Waals surface area contributed by atoms with Crippen LogP contribution >= 0.6 is 0 Å². The Kier molecular flexibility index (Phi) is 2.96. The van der Waals surface area contributed by atoms with Gasteiger partial charge in [0.05, 0.1) is 7.11 Å². The van der Waals surface area contributed by atoms with Crippen LogP contribution in [0.15, 0.2) is 24.3 Å². The van der Waals surface area contributed by atoms with Gasteiger partial charge in [-0.1, -0.05) is 32.9 Å². The second kappa shape index (κ2) is 4.15. The maximum absolute atomic E-state index is 12.0. The van der Waals surface area contributed by atoms with Gasteiger partial charge in [0.25, 0.3) is 0 Å². The molecule has 0 unspecified atom stereocenters. The first kappa shape index (κ1) is 12.1. The molecule has 3 heteroatoms. The highest BCUT2D eigenvalue weighted by atomic mass is 16.6. The number of carbonyl (C=O) groups excluding carboxylic acids is 1. The Labute approximate surface area is 102 Å². The van der Waals surface area contributed by atoms with E-state index in [9.17, 15) is 4.79 Å². The van der Waals surface area contributed by atoms with E-state index in [0.29, 0.717) is 0 Å². The lowest BCUT2D eigenvalue weighted by atomic mass is 9.87. The van der Waals surface area contributed by atoms with Crippen LogP contribution in [-0.4, -0.2) is 19.0 Å². The van der Waals surface area contributed by atoms with Gasteiger partial charge in [-0.25, -0.2) is 0 Å². The quantitative estimate of drug-likeness (QED) is 0.755. The highest BCUT2D eigenvalue weighted by Gasteiger charge is 2.49. The summed E-state index contributed by atoms with van der Waals surface area (Å²) in [5.41, 5.74) is 0.694. The van der Waals surface area contributed by atoms with Gasteiger partial charge in [-0.05, 0) is 17.7 Å². The summed E-state index contributed by atoms with van der Waals surface area (Å²) in [7, 11) is 1.63. The number of benzene rings is 1. The first-order chi connectivity index (χ1) is 7.93. The fourth-order valence-corrected chi connectivity index (χ4v) is 1.79. The molecule has 92 valence electrons. The third-order valence-corrected chi connectivity index (χ3v) is 2.93. The minimum atomic E-state index is -0.341. The molecule has 3 nitrogen and oxygen atoms in total. The van der Waals surface area contributed by atoms with Gasteiger partial charge >= 0.3 is 0 Å². The monoisotopic (exact) mass is 234 g/mol. The Morgan fingerprint density at radius 3 is 2.29 bits per heavy atom. The van der Waals surface area contributed by atoms with Crippen molar-refractivity contribution in [1.82, 2.24) is 0 Å². The van der Waals surface area contributed by atoms with E-state index >= 15 is 0 Å². The molecule has 1 aromatic carbocycles. The molecule has 0 amide bonds. The predicted octanol–water partition coefficient (Wildman–Crippen LogP) is 2.75. The van der Waals surface area contributed by atoms with Crippen LogP contribution in [0.4, 0.5) is 0 Å². The van der Waals surface area contributed by atoms with E-state index in [4.69, 9.17) is 9.47 Å². The summed E-state index contributed by atoms with van der Waals surface area (Å²) in [4.78, 5) is 12.0. The lowest BCUT2D eigenvalue weighted by Gasteiger charge is -2.14. The second-order valence-corrected chi connectivity index (χ2v) is 5.36. The number of Topliss-reactive ketones (excluding diaryl/α,β-unsaturated/α-hetero) is 1. The van der Waals surface area contributed by atoms with Crippen LogP contribution in [0.5, 0.6) is 5.75 Å². The summed E-state index contributed by atoms with van der Waals surface area (Å²) in [6, 6.07) is 7.66. The zero-order valence-electron chi connectivity index (χ0n) is 10.7. The highest BCUT2D eigenvalue weighted by molar-refractivity contribution is 5.90. The zero-order valence-corrected chi connectivity index (χ0v) is 10.7. The number of ether oxygens (including phenoxy) is 2. The van der Waals surface area contributed by atoms with Crippen molar-refractivity contribution >= 4 is 5.78 Å². The molecule has 0 saturated carbocycles. The average Bonchev–Trinajstić information content (AvgIpc) is 3.07. The van der Waals surface area contributed by atoms with Gasteiger partial charge in [-0.3, -0.25) is 4.79 Å². The van der Waals surface area contributed by atoms with Gasteiger partial charge < -0.3 is 9.47 Å². The standard InChI is InChI=1S/C14H18O3/c1-14(2,3)13(15)12-11(17-12)9-5-7-10(16-4)8-6-9/h5-8,11-12H,1-4H3/t11-,12+/m1/s1. The van der Waals surface area contributed by atoms with E-state index in [-0.39, 0.29) is 23.4 Å². The molecule has 1 heterocycles. The lowest BCUT2D eigenvalue weighted by Crippen LogP contribution is -2.25. The first-order valence-corrected chi connectivity index (χ1v) is 5.77. The summed E-state index contributed by atoms with van der Waals surface area (Å²) in [6.45, 7) is 5.76. The third kappa shape index (κ3) is 2.50. The topological polar surface area (TPSA) is 38.8 Å². The summed E-state index contributed by atoms with van der Waals surface area (Å²) in [6.07, 6.45) is -0.351. The molecule has 0 bridgehead atoms. The Morgan fingerprint density at radius 2 is 1.82 bits per heavy atom. The smallest absolute Gasteiger partial charge is 0.169 e. The van der Waals surface area contributed by atoms with E-state index in [1.165, 1.54) is 0 Å². The molecule has 1 aliphatic heterocycles. The molecule has 0 aliphatic carbocycles. The molecule has 0 N–H and O–H groups in total. The Balaban J connectivity index is 2.05. The zero-order chi connectivity index (χ0) is 12.6. The van der Waals surface area contributed by atoms with Crippen LogP contribution in [0.25, 0.3) is 0 Å². The number of hydrogen-bond acceptors (Lipinski definition) is 3. The molecule has 2 rings (SSSR count). The molecule has 0 aromatic heterocycles. The molecule has 2 atom stereocenters. The predicted molar refractivity (Wildman–Crippen MR) is 65.1 cm³/mol. The summed E-state index contributed by atoms with van der Waals surface area (Å²) in [5.74, 6) is 0.978. The van der Waals surface area contributed by atoms with Gasteiger partial charge in [0.2, 0.25) is 0 Å². The molecule has 0 spiro atoms.